The summed E-state index contributed by atoms with van der Waals surface area (Å²) in [6.07, 6.45) is 3.08. The van der Waals surface area contributed by atoms with Gasteiger partial charge in [-0.05, 0) is 65.6 Å². The lowest BCUT2D eigenvalue weighted by Crippen LogP contribution is -2.43. The third-order valence-corrected chi connectivity index (χ3v) is 5.70. The minimum atomic E-state index is -2.83. The molecule has 0 aromatic heterocycles. The van der Waals surface area contributed by atoms with Gasteiger partial charge >= 0.3 is 0 Å². The largest absolute Gasteiger partial charge is 0.312 e. The topological polar surface area (TPSA) is 49.4 Å². The molecule has 0 bridgehead atoms. The second kappa shape index (κ2) is 7.76. The van der Waals surface area contributed by atoms with Crippen LogP contribution in [0.3, 0.4) is 0 Å². The molecule has 5 heteroatoms. The average Bonchev–Trinajstić information content (AvgIpc) is 2.34. The first-order valence-corrected chi connectivity index (χ1v) is 9.72. The Kier molecular flexibility index (Phi) is 6.95. The van der Waals surface area contributed by atoms with Gasteiger partial charge in [0.2, 0.25) is 0 Å². The lowest BCUT2D eigenvalue weighted by molar-refractivity contribution is 0.184. The zero-order valence-corrected chi connectivity index (χ0v) is 14.4. The summed E-state index contributed by atoms with van der Waals surface area (Å²) in [7, 11) is -2.83. The third-order valence-electron chi connectivity index (χ3n) is 3.86. The maximum atomic E-state index is 11.7. The van der Waals surface area contributed by atoms with E-state index in [4.69, 9.17) is 0 Å². The number of hydrogen-bond acceptors (Lipinski definition) is 4. The molecule has 20 heavy (non-hydrogen) atoms. The predicted octanol–water partition coefficient (Wildman–Crippen LogP) is 1.91. The summed E-state index contributed by atoms with van der Waals surface area (Å²) in [4.78, 5) is 2.31. The van der Waals surface area contributed by atoms with Crippen molar-refractivity contribution in [2.45, 2.75) is 52.5 Å². The Hall–Kier alpha value is -0.130. The molecule has 1 aliphatic heterocycles. The van der Waals surface area contributed by atoms with Crippen LogP contribution in [0.1, 0.15) is 47.0 Å². The molecule has 1 aliphatic rings. The molecule has 1 N–H and O–H groups in total. The summed E-state index contributed by atoms with van der Waals surface area (Å²) in [6.45, 7) is 12.4. The Morgan fingerprint density at radius 3 is 2.25 bits per heavy atom. The van der Waals surface area contributed by atoms with Gasteiger partial charge in [-0.2, -0.15) is 0 Å². The molecule has 0 amide bonds. The normalized spacial score (nSPS) is 19.4. The first-order valence-electron chi connectivity index (χ1n) is 7.89. The summed E-state index contributed by atoms with van der Waals surface area (Å²) >= 11 is 0. The Morgan fingerprint density at radius 1 is 1.15 bits per heavy atom. The lowest BCUT2D eigenvalue weighted by Gasteiger charge is -2.33. The van der Waals surface area contributed by atoms with Gasteiger partial charge in [0.15, 0.2) is 9.84 Å². The van der Waals surface area contributed by atoms with Gasteiger partial charge in [-0.1, -0.05) is 6.92 Å². The molecular weight excluding hydrogens is 272 g/mol. The summed E-state index contributed by atoms with van der Waals surface area (Å²) < 4.78 is 23.4. The van der Waals surface area contributed by atoms with Gasteiger partial charge in [0, 0.05) is 17.8 Å². The summed E-state index contributed by atoms with van der Waals surface area (Å²) in [5.41, 5.74) is 0.186. The van der Waals surface area contributed by atoms with Crippen LogP contribution in [0.5, 0.6) is 0 Å². The molecule has 4 nitrogen and oxygen atoms in total. The number of hydrogen-bond donors (Lipinski definition) is 1. The van der Waals surface area contributed by atoms with Gasteiger partial charge in [-0.3, -0.25) is 0 Å². The van der Waals surface area contributed by atoms with Crippen molar-refractivity contribution in [2.24, 2.45) is 5.92 Å². The zero-order valence-electron chi connectivity index (χ0n) is 13.6. The Balaban J connectivity index is 2.22. The van der Waals surface area contributed by atoms with Crippen molar-refractivity contribution in [3.63, 3.8) is 0 Å². The van der Waals surface area contributed by atoms with Crippen LogP contribution in [0.4, 0.5) is 0 Å². The van der Waals surface area contributed by atoms with Crippen molar-refractivity contribution in [3.05, 3.63) is 0 Å². The van der Waals surface area contributed by atoms with Gasteiger partial charge in [0.05, 0.1) is 5.75 Å². The molecular formula is C15H32N2O2S. The molecule has 0 aromatic rings. The highest BCUT2D eigenvalue weighted by atomic mass is 32.2. The van der Waals surface area contributed by atoms with Crippen molar-refractivity contribution in [3.8, 4) is 0 Å². The van der Waals surface area contributed by atoms with Crippen LogP contribution in [-0.4, -0.2) is 56.5 Å². The molecule has 1 heterocycles. The highest BCUT2D eigenvalue weighted by molar-refractivity contribution is 7.91. The second-order valence-electron chi connectivity index (χ2n) is 7.07. The molecule has 1 fully saturated rings. The number of likely N-dealkylation sites (tertiary alicyclic amines) is 1. The van der Waals surface area contributed by atoms with E-state index in [-0.39, 0.29) is 5.54 Å². The number of sulfone groups is 1. The maximum absolute atomic E-state index is 11.7. The molecule has 0 saturated carbocycles. The standard InChI is InChI=1S/C15H32N2O2S/c1-5-11-20(18,19)12-10-17-8-6-14(7-9-17)13-16-15(2,3)4/h14,16H,5-13H2,1-4H3. The van der Waals surface area contributed by atoms with Crippen molar-refractivity contribution >= 4 is 9.84 Å². The van der Waals surface area contributed by atoms with E-state index >= 15 is 0 Å². The zero-order chi connectivity index (χ0) is 15.2. The van der Waals surface area contributed by atoms with Crippen molar-refractivity contribution in [1.29, 1.82) is 0 Å². The third kappa shape index (κ3) is 7.60. The Labute approximate surface area is 125 Å². The summed E-state index contributed by atoms with van der Waals surface area (Å²) in [5, 5.41) is 3.57. The maximum Gasteiger partial charge on any atom is 0.151 e. The van der Waals surface area contributed by atoms with Gasteiger partial charge in [-0.25, -0.2) is 8.42 Å². The molecule has 0 radical (unpaired) electrons. The summed E-state index contributed by atoms with van der Waals surface area (Å²) in [5.74, 6) is 1.39. The van der Waals surface area contributed by atoms with Crippen molar-refractivity contribution in [2.75, 3.05) is 37.7 Å². The highest BCUT2D eigenvalue weighted by Crippen LogP contribution is 2.17. The van der Waals surface area contributed by atoms with Crippen LogP contribution in [0.25, 0.3) is 0 Å². The minimum absolute atomic E-state index is 0.186. The molecule has 0 unspecified atom stereocenters. The fourth-order valence-electron chi connectivity index (χ4n) is 2.55. The fourth-order valence-corrected chi connectivity index (χ4v) is 3.91. The second-order valence-corrected chi connectivity index (χ2v) is 9.37. The summed E-state index contributed by atoms with van der Waals surface area (Å²) in [6, 6.07) is 0. The van der Waals surface area contributed by atoms with Crippen LogP contribution in [0.2, 0.25) is 0 Å². The molecule has 1 rings (SSSR count). The molecule has 1 saturated heterocycles. The lowest BCUT2D eigenvalue weighted by atomic mass is 9.95. The van der Waals surface area contributed by atoms with Gasteiger partial charge < -0.3 is 10.2 Å². The average molecular weight is 305 g/mol. The number of nitrogens with one attached hydrogen (secondary N) is 1. The van der Waals surface area contributed by atoms with Crippen LogP contribution < -0.4 is 5.32 Å². The molecule has 120 valence electrons. The van der Waals surface area contributed by atoms with E-state index in [0.717, 1.165) is 32.0 Å². The molecule has 0 aliphatic carbocycles. The van der Waals surface area contributed by atoms with E-state index in [9.17, 15) is 8.42 Å². The van der Waals surface area contributed by atoms with Crippen molar-refractivity contribution in [1.82, 2.24) is 10.2 Å². The quantitative estimate of drug-likeness (QED) is 0.780. The molecule has 0 aromatic carbocycles. The van der Waals surface area contributed by atoms with Crippen LogP contribution >= 0.6 is 0 Å². The predicted molar refractivity (Wildman–Crippen MR) is 85.9 cm³/mol. The van der Waals surface area contributed by atoms with E-state index in [1.54, 1.807) is 0 Å². The first kappa shape index (κ1) is 17.9. The van der Waals surface area contributed by atoms with Gasteiger partial charge in [0.1, 0.15) is 0 Å². The van der Waals surface area contributed by atoms with E-state index in [0.29, 0.717) is 18.1 Å². The van der Waals surface area contributed by atoms with Gasteiger partial charge in [0.25, 0.3) is 0 Å². The van der Waals surface area contributed by atoms with Crippen LogP contribution in [0.15, 0.2) is 0 Å². The monoisotopic (exact) mass is 304 g/mol. The van der Waals surface area contributed by atoms with E-state index in [1.165, 1.54) is 12.8 Å². The highest BCUT2D eigenvalue weighted by Gasteiger charge is 2.21. The van der Waals surface area contributed by atoms with Crippen LogP contribution in [-0.2, 0) is 9.84 Å². The fraction of sp³-hybridized carbons (Fsp3) is 1.00. The molecule has 0 atom stereocenters. The Morgan fingerprint density at radius 2 is 1.75 bits per heavy atom. The smallest absolute Gasteiger partial charge is 0.151 e. The molecule has 0 spiro atoms. The minimum Gasteiger partial charge on any atom is -0.312 e. The van der Waals surface area contributed by atoms with Gasteiger partial charge in [-0.15, -0.1) is 0 Å². The number of piperidine rings is 1. The van der Waals surface area contributed by atoms with E-state index < -0.39 is 9.84 Å². The SMILES string of the molecule is CCCS(=O)(=O)CCN1CCC(CNC(C)(C)C)CC1. The Bertz CT molecular complexity index is 366. The van der Waals surface area contributed by atoms with Crippen LogP contribution in [0, 0.1) is 5.92 Å². The van der Waals surface area contributed by atoms with E-state index in [2.05, 4.69) is 31.0 Å². The van der Waals surface area contributed by atoms with E-state index in [1.807, 2.05) is 6.92 Å². The van der Waals surface area contributed by atoms with Crippen molar-refractivity contribution < 1.29 is 8.42 Å². The first-order chi connectivity index (χ1) is 9.22. The number of nitrogens with zero attached hydrogens (tertiary/aromatic N) is 1. The number of rotatable bonds is 7.